The van der Waals surface area contributed by atoms with Gasteiger partial charge in [0, 0.05) is 28.8 Å². The molecule has 0 saturated heterocycles. The monoisotopic (exact) mass is 387 g/mol. The van der Waals surface area contributed by atoms with Crippen molar-refractivity contribution >= 4 is 11.6 Å². The van der Waals surface area contributed by atoms with Crippen molar-refractivity contribution in [2.24, 2.45) is 0 Å². The largest absolute Gasteiger partial charge is 0.456 e. The first kappa shape index (κ1) is 18.7. The molecule has 146 valence electrons. The average molecular weight is 387 g/mol. The number of carbonyl (C=O) groups excluding carboxylic acids is 1. The topological polar surface area (TPSA) is 65.6 Å². The Morgan fingerprint density at radius 2 is 1.72 bits per heavy atom. The molecule has 6 heteroatoms. The predicted molar refractivity (Wildman–Crippen MR) is 111 cm³/mol. The highest BCUT2D eigenvalue weighted by Gasteiger charge is 2.18. The van der Waals surface area contributed by atoms with Crippen LogP contribution < -0.4 is 5.56 Å². The number of benzene rings is 1. The first-order valence-electron chi connectivity index (χ1n) is 9.35. The third kappa shape index (κ3) is 3.45. The summed E-state index contributed by atoms with van der Waals surface area (Å²) in [5.74, 6) is -0.438. The van der Waals surface area contributed by atoms with Gasteiger partial charge >= 0.3 is 5.97 Å². The van der Waals surface area contributed by atoms with Crippen LogP contribution in [0.5, 0.6) is 0 Å². The van der Waals surface area contributed by atoms with Crippen molar-refractivity contribution in [3.05, 3.63) is 99.4 Å². The van der Waals surface area contributed by atoms with Gasteiger partial charge in [-0.15, -0.1) is 0 Å². The molecule has 6 nitrogen and oxygen atoms in total. The van der Waals surface area contributed by atoms with E-state index in [1.807, 2.05) is 73.9 Å². The van der Waals surface area contributed by atoms with E-state index in [1.165, 1.54) is 10.5 Å². The molecule has 3 heterocycles. The predicted octanol–water partition coefficient (Wildman–Crippen LogP) is 3.77. The molecule has 0 amide bonds. The summed E-state index contributed by atoms with van der Waals surface area (Å²) in [5.41, 5.74) is 4.80. The zero-order valence-corrected chi connectivity index (χ0v) is 16.5. The van der Waals surface area contributed by atoms with E-state index in [4.69, 9.17) is 4.74 Å². The van der Waals surface area contributed by atoms with Crippen molar-refractivity contribution in [1.29, 1.82) is 0 Å². The molecule has 0 unspecified atom stereocenters. The molecule has 0 atom stereocenters. The lowest BCUT2D eigenvalue weighted by Gasteiger charge is -2.10. The standard InChI is InChI=1S/C23H21N3O3/c1-15-8-7-11-21-24-18(13-22(27)26(15)21)14-29-23(28)20-12-16(2)25(17(20)3)19-9-5-4-6-10-19/h4-13H,14H2,1-3H3. The minimum Gasteiger partial charge on any atom is -0.456 e. The summed E-state index contributed by atoms with van der Waals surface area (Å²) in [7, 11) is 0. The second-order valence-electron chi connectivity index (χ2n) is 6.98. The first-order valence-corrected chi connectivity index (χ1v) is 9.35. The van der Waals surface area contributed by atoms with Crippen LogP contribution in [-0.4, -0.2) is 19.9 Å². The van der Waals surface area contributed by atoms with Crippen LogP contribution in [0.2, 0.25) is 0 Å². The van der Waals surface area contributed by atoms with Crippen LogP contribution in [0.4, 0.5) is 0 Å². The summed E-state index contributed by atoms with van der Waals surface area (Å²) in [6, 6.07) is 18.5. The lowest BCUT2D eigenvalue weighted by atomic mass is 10.2. The molecule has 29 heavy (non-hydrogen) atoms. The van der Waals surface area contributed by atoms with Crippen LogP contribution in [0, 0.1) is 20.8 Å². The van der Waals surface area contributed by atoms with Crippen LogP contribution in [0.1, 0.15) is 33.1 Å². The molecule has 0 N–H and O–H groups in total. The zero-order chi connectivity index (χ0) is 20.5. The second kappa shape index (κ2) is 7.39. The Bertz CT molecular complexity index is 1270. The normalized spacial score (nSPS) is 11.0. The molecule has 3 aromatic heterocycles. The lowest BCUT2D eigenvalue weighted by Crippen LogP contribution is -2.18. The van der Waals surface area contributed by atoms with Crippen molar-refractivity contribution in [1.82, 2.24) is 14.0 Å². The summed E-state index contributed by atoms with van der Waals surface area (Å²) in [5, 5.41) is 0. The van der Waals surface area contributed by atoms with Gasteiger partial charge in [-0.3, -0.25) is 9.20 Å². The number of hydrogen-bond acceptors (Lipinski definition) is 4. The molecule has 0 fully saturated rings. The maximum absolute atomic E-state index is 12.7. The van der Waals surface area contributed by atoms with E-state index in [9.17, 15) is 9.59 Å². The Balaban J connectivity index is 1.58. The summed E-state index contributed by atoms with van der Waals surface area (Å²) in [6.45, 7) is 5.62. The number of aryl methyl sites for hydroxylation is 2. The highest BCUT2D eigenvalue weighted by Crippen LogP contribution is 2.21. The second-order valence-corrected chi connectivity index (χ2v) is 6.98. The molecular formula is C23H21N3O3. The Hall–Kier alpha value is -3.67. The quantitative estimate of drug-likeness (QED) is 0.500. The summed E-state index contributed by atoms with van der Waals surface area (Å²) >= 11 is 0. The van der Waals surface area contributed by atoms with Crippen molar-refractivity contribution in [3.8, 4) is 5.69 Å². The van der Waals surface area contributed by atoms with Crippen LogP contribution in [0.3, 0.4) is 0 Å². The maximum Gasteiger partial charge on any atom is 0.340 e. The van der Waals surface area contributed by atoms with E-state index in [-0.39, 0.29) is 12.2 Å². The van der Waals surface area contributed by atoms with Crippen LogP contribution in [-0.2, 0) is 11.3 Å². The Morgan fingerprint density at radius 3 is 2.48 bits per heavy atom. The molecule has 0 spiro atoms. The molecule has 1 aromatic carbocycles. The minimum absolute atomic E-state index is 0.0620. The number of rotatable bonds is 4. The van der Waals surface area contributed by atoms with Crippen LogP contribution in [0.15, 0.2) is 65.5 Å². The molecule has 4 aromatic rings. The summed E-state index contributed by atoms with van der Waals surface area (Å²) in [4.78, 5) is 29.5. The van der Waals surface area contributed by atoms with Gasteiger partial charge in [0.05, 0.1) is 11.3 Å². The average Bonchev–Trinajstić information content (AvgIpc) is 3.01. The highest BCUT2D eigenvalue weighted by molar-refractivity contribution is 5.91. The van der Waals surface area contributed by atoms with Crippen molar-refractivity contribution in [2.75, 3.05) is 0 Å². The van der Waals surface area contributed by atoms with Crippen LogP contribution in [0.25, 0.3) is 11.3 Å². The fraction of sp³-hybridized carbons (Fsp3) is 0.174. The van der Waals surface area contributed by atoms with Gasteiger partial charge in [-0.1, -0.05) is 24.3 Å². The van der Waals surface area contributed by atoms with E-state index >= 15 is 0 Å². The van der Waals surface area contributed by atoms with Gasteiger partial charge in [0.2, 0.25) is 0 Å². The number of hydrogen-bond donors (Lipinski definition) is 0. The minimum atomic E-state index is -0.438. The lowest BCUT2D eigenvalue weighted by molar-refractivity contribution is 0.0467. The van der Waals surface area contributed by atoms with Gasteiger partial charge in [0.15, 0.2) is 0 Å². The Morgan fingerprint density at radius 1 is 0.966 bits per heavy atom. The van der Waals surface area contributed by atoms with Gasteiger partial charge in [-0.25, -0.2) is 9.78 Å². The van der Waals surface area contributed by atoms with Crippen LogP contribution >= 0.6 is 0 Å². The number of carbonyl (C=O) groups is 1. The van der Waals surface area contributed by atoms with Gasteiger partial charge < -0.3 is 9.30 Å². The van der Waals surface area contributed by atoms with E-state index in [1.54, 1.807) is 6.07 Å². The Labute approximate surface area is 168 Å². The first-order chi connectivity index (χ1) is 14.0. The molecular weight excluding hydrogens is 366 g/mol. The fourth-order valence-electron chi connectivity index (χ4n) is 3.60. The van der Waals surface area contributed by atoms with Gasteiger partial charge in [0.1, 0.15) is 12.3 Å². The van der Waals surface area contributed by atoms with Crippen molar-refractivity contribution < 1.29 is 9.53 Å². The van der Waals surface area contributed by atoms with Gasteiger partial charge in [-0.05, 0) is 51.1 Å². The SMILES string of the molecule is Cc1cc(C(=O)OCc2cc(=O)n3c(C)cccc3n2)c(C)n1-c1ccccc1. The zero-order valence-electron chi connectivity index (χ0n) is 16.5. The molecule has 4 rings (SSSR count). The summed E-state index contributed by atoms with van der Waals surface area (Å²) in [6.07, 6.45) is 0. The molecule has 0 radical (unpaired) electrons. The van der Waals surface area contributed by atoms with E-state index in [2.05, 4.69) is 4.98 Å². The molecule has 0 aliphatic carbocycles. The molecule has 0 bridgehead atoms. The third-order valence-corrected chi connectivity index (χ3v) is 4.95. The Kier molecular flexibility index (Phi) is 4.76. The number of nitrogens with zero attached hydrogens (tertiary/aromatic N) is 3. The number of esters is 1. The van der Waals surface area contributed by atoms with Gasteiger partial charge in [0.25, 0.3) is 5.56 Å². The number of aromatic nitrogens is 3. The number of ether oxygens (including phenoxy) is 1. The van der Waals surface area contributed by atoms with E-state index in [0.717, 1.165) is 22.8 Å². The smallest absolute Gasteiger partial charge is 0.340 e. The third-order valence-electron chi connectivity index (χ3n) is 4.95. The van der Waals surface area contributed by atoms with E-state index in [0.29, 0.717) is 16.9 Å². The van der Waals surface area contributed by atoms with Gasteiger partial charge in [-0.2, -0.15) is 0 Å². The molecule has 0 aliphatic rings. The van der Waals surface area contributed by atoms with Crippen molar-refractivity contribution in [2.45, 2.75) is 27.4 Å². The fourth-order valence-corrected chi connectivity index (χ4v) is 3.60. The molecule has 0 saturated carbocycles. The van der Waals surface area contributed by atoms with E-state index < -0.39 is 5.97 Å². The number of fused-ring (bicyclic) bond motifs is 1. The molecule has 0 aliphatic heterocycles. The summed E-state index contributed by atoms with van der Waals surface area (Å²) < 4.78 is 9.01. The number of para-hydroxylation sites is 1. The van der Waals surface area contributed by atoms with Crippen molar-refractivity contribution in [3.63, 3.8) is 0 Å². The highest BCUT2D eigenvalue weighted by atomic mass is 16.5. The maximum atomic E-state index is 12.7. The number of pyridine rings is 1.